The molecule has 1 atom stereocenters. The summed E-state index contributed by atoms with van der Waals surface area (Å²) in [5.41, 5.74) is 4.98. The number of benzene rings is 1. The molecule has 1 aromatic carbocycles. The molecule has 0 radical (unpaired) electrons. The molecule has 0 N–H and O–H groups in total. The summed E-state index contributed by atoms with van der Waals surface area (Å²) in [6, 6.07) is 6.56. The van der Waals surface area contributed by atoms with Crippen LogP contribution in [0.4, 0.5) is 5.69 Å². The zero-order chi connectivity index (χ0) is 21.2. The van der Waals surface area contributed by atoms with Gasteiger partial charge in [-0.25, -0.2) is 0 Å². The fourth-order valence-corrected chi connectivity index (χ4v) is 4.69. The molecule has 2 aliphatic rings. The molecular formula is C24H33N3O2. The number of hydrogen-bond acceptors (Lipinski definition) is 4. The highest BCUT2D eigenvalue weighted by Crippen LogP contribution is 2.44. The summed E-state index contributed by atoms with van der Waals surface area (Å²) in [5, 5.41) is 9.65. The van der Waals surface area contributed by atoms with Gasteiger partial charge in [0.2, 0.25) is 0 Å². The minimum absolute atomic E-state index is 0.121. The third-order valence-corrected chi connectivity index (χ3v) is 6.17. The van der Waals surface area contributed by atoms with Gasteiger partial charge in [0.25, 0.3) is 5.91 Å². The number of hydrogen-bond donors (Lipinski definition) is 0. The summed E-state index contributed by atoms with van der Waals surface area (Å²) in [7, 11) is 0. The van der Waals surface area contributed by atoms with Gasteiger partial charge in [-0.1, -0.05) is 13.8 Å². The summed E-state index contributed by atoms with van der Waals surface area (Å²) in [5.74, 6) is 0.232. The first-order valence-electron chi connectivity index (χ1n) is 10.7. The van der Waals surface area contributed by atoms with Crippen molar-refractivity contribution in [2.45, 2.75) is 58.9 Å². The van der Waals surface area contributed by atoms with Gasteiger partial charge in [0.15, 0.2) is 0 Å². The number of nitriles is 1. The highest BCUT2D eigenvalue weighted by molar-refractivity contribution is 6.02. The van der Waals surface area contributed by atoms with Gasteiger partial charge >= 0.3 is 0 Å². The molecule has 3 rings (SSSR count). The van der Waals surface area contributed by atoms with Crippen LogP contribution in [0.25, 0.3) is 6.08 Å². The fraction of sp³-hybridized carbons (Fsp3) is 0.583. The molecule has 0 saturated carbocycles. The van der Waals surface area contributed by atoms with Gasteiger partial charge in [-0.3, -0.25) is 4.79 Å². The van der Waals surface area contributed by atoms with Crippen molar-refractivity contribution in [3.05, 3.63) is 34.4 Å². The minimum Gasteiger partial charge on any atom is -0.378 e. The highest BCUT2D eigenvalue weighted by Gasteiger charge is 2.36. The predicted octanol–water partition coefficient (Wildman–Crippen LogP) is 4.26. The number of aryl methyl sites for hydroxylation is 1. The van der Waals surface area contributed by atoms with Gasteiger partial charge in [0.05, 0.1) is 13.2 Å². The predicted molar refractivity (Wildman–Crippen MR) is 117 cm³/mol. The number of carbonyl (C=O) groups is 1. The van der Waals surface area contributed by atoms with E-state index in [1.54, 1.807) is 11.0 Å². The van der Waals surface area contributed by atoms with E-state index in [4.69, 9.17) is 4.74 Å². The Morgan fingerprint density at radius 2 is 2.03 bits per heavy atom. The molecule has 0 aromatic heterocycles. The molecule has 2 heterocycles. The van der Waals surface area contributed by atoms with E-state index in [-0.39, 0.29) is 17.0 Å². The quantitative estimate of drug-likeness (QED) is 0.564. The lowest BCUT2D eigenvalue weighted by Gasteiger charge is -2.48. The Morgan fingerprint density at radius 3 is 2.66 bits per heavy atom. The Bertz CT molecular complexity index is 844. The van der Waals surface area contributed by atoms with E-state index < -0.39 is 0 Å². The summed E-state index contributed by atoms with van der Waals surface area (Å²) >= 11 is 0. The van der Waals surface area contributed by atoms with Crippen LogP contribution in [-0.4, -0.2) is 49.2 Å². The van der Waals surface area contributed by atoms with Crippen molar-refractivity contribution >= 4 is 17.7 Å². The molecule has 29 heavy (non-hydrogen) atoms. The zero-order valence-electron chi connectivity index (χ0n) is 18.4. The maximum atomic E-state index is 12.8. The SMILES string of the molecule is CCCN1c2cc(C)c(/C=C(\C#N)C(=O)N3CCOCC3)cc2C(C)CC1(C)C. The van der Waals surface area contributed by atoms with E-state index in [9.17, 15) is 10.1 Å². The Hall–Kier alpha value is -2.32. The van der Waals surface area contributed by atoms with E-state index in [2.05, 4.69) is 57.7 Å². The lowest BCUT2D eigenvalue weighted by atomic mass is 9.78. The second kappa shape index (κ2) is 8.59. The third kappa shape index (κ3) is 4.33. The number of carbonyl (C=O) groups excluding carboxylic acids is 1. The maximum absolute atomic E-state index is 12.8. The molecule has 1 saturated heterocycles. The average molecular weight is 396 g/mol. The number of rotatable bonds is 4. The molecule has 1 unspecified atom stereocenters. The topological polar surface area (TPSA) is 56.6 Å². The van der Waals surface area contributed by atoms with Crippen LogP contribution in [0, 0.1) is 18.3 Å². The molecule has 156 valence electrons. The van der Waals surface area contributed by atoms with Gasteiger partial charge in [0.1, 0.15) is 11.6 Å². The van der Waals surface area contributed by atoms with Gasteiger partial charge < -0.3 is 14.5 Å². The van der Waals surface area contributed by atoms with Crippen LogP contribution >= 0.6 is 0 Å². The summed E-state index contributed by atoms with van der Waals surface area (Å²) in [6.07, 6.45) is 3.96. The first-order chi connectivity index (χ1) is 13.8. The average Bonchev–Trinajstić information content (AvgIpc) is 2.69. The van der Waals surface area contributed by atoms with Gasteiger partial charge in [0, 0.05) is 30.9 Å². The normalized spacial score (nSPS) is 21.5. The zero-order valence-corrected chi connectivity index (χ0v) is 18.4. The third-order valence-electron chi connectivity index (χ3n) is 6.17. The number of amides is 1. The Morgan fingerprint density at radius 1 is 1.34 bits per heavy atom. The minimum atomic E-state index is -0.199. The van der Waals surface area contributed by atoms with Gasteiger partial charge in [-0.05, 0) is 74.4 Å². The molecular weight excluding hydrogens is 362 g/mol. The molecule has 1 aromatic rings. The summed E-state index contributed by atoms with van der Waals surface area (Å²) < 4.78 is 5.32. The monoisotopic (exact) mass is 395 g/mol. The van der Waals surface area contributed by atoms with Crippen molar-refractivity contribution in [2.75, 3.05) is 37.7 Å². The smallest absolute Gasteiger partial charge is 0.264 e. The summed E-state index contributed by atoms with van der Waals surface area (Å²) in [6.45, 7) is 14.4. The summed E-state index contributed by atoms with van der Waals surface area (Å²) in [4.78, 5) is 17.0. The van der Waals surface area contributed by atoms with Crippen LogP contribution in [0.15, 0.2) is 17.7 Å². The standard InChI is InChI=1S/C24H33N3O2/c1-6-7-27-22-12-17(2)19(14-21(22)18(3)15-24(27,4)5)13-20(16-25)23(28)26-8-10-29-11-9-26/h12-14,18H,6-11,15H2,1-5H3/b20-13+. The molecule has 0 bridgehead atoms. The number of morpholine rings is 1. The van der Waals surface area contributed by atoms with E-state index in [1.807, 2.05) is 0 Å². The lowest BCUT2D eigenvalue weighted by molar-refractivity contribution is -0.130. The van der Waals surface area contributed by atoms with Crippen molar-refractivity contribution in [1.29, 1.82) is 5.26 Å². The van der Waals surface area contributed by atoms with E-state index in [1.165, 1.54) is 11.3 Å². The number of anilines is 1. The first-order valence-corrected chi connectivity index (χ1v) is 10.7. The first kappa shape index (κ1) is 21.4. The van der Waals surface area contributed by atoms with Crippen LogP contribution in [0.2, 0.25) is 0 Å². The Balaban J connectivity index is 1.99. The van der Waals surface area contributed by atoms with E-state index in [0.29, 0.717) is 32.2 Å². The fourth-order valence-electron chi connectivity index (χ4n) is 4.69. The highest BCUT2D eigenvalue weighted by atomic mass is 16.5. The van der Waals surface area contributed by atoms with Crippen LogP contribution < -0.4 is 4.90 Å². The lowest BCUT2D eigenvalue weighted by Crippen LogP contribution is -2.48. The molecule has 1 amide bonds. The molecule has 5 heteroatoms. The van der Waals surface area contributed by atoms with Crippen LogP contribution in [0.3, 0.4) is 0 Å². The molecule has 0 aliphatic carbocycles. The molecule has 2 aliphatic heterocycles. The number of fused-ring (bicyclic) bond motifs is 1. The number of nitrogens with zero attached hydrogens (tertiary/aromatic N) is 3. The van der Waals surface area contributed by atoms with Crippen molar-refractivity contribution < 1.29 is 9.53 Å². The Labute approximate surface area is 174 Å². The second-order valence-electron chi connectivity index (χ2n) is 8.91. The van der Waals surface area contributed by atoms with Crippen molar-refractivity contribution in [3.8, 4) is 6.07 Å². The van der Waals surface area contributed by atoms with Crippen LogP contribution in [0.1, 0.15) is 63.1 Å². The van der Waals surface area contributed by atoms with E-state index in [0.717, 1.165) is 30.5 Å². The van der Waals surface area contributed by atoms with Crippen LogP contribution in [-0.2, 0) is 9.53 Å². The molecule has 0 spiro atoms. The van der Waals surface area contributed by atoms with Gasteiger partial charge in [-0.2, -0.15) is 5.26 Å². The Kier molecular flexibility index (Phi) is 6.33. The van der Waals surface area contributed by atoms with E-state index >= 15 is 0 Å². The largest absolute Gasteiger partial charge is 0.378 e. The van der Waals surface area contributed by atoms with Crippen molar-refractivity contribution in [3.63, 3.8) is 0 Å². The maximum Gasteiger partial charge on any atom is 0.264 e. The van der Waals surface area contributed by atoms with Crippen LogP contribution in [0.5, 0.6) is 0 Å². The molecule has 5 nitrogen and oxygen atoms in total. The second-order valence-corrected chi connectivity index (χ2v) is 8.91. The van der Waals surface area contributed by atoms with Crippen molar-refractivity contribution in [2.24, 2.45) is 0 Å². The van der Waals surface area contributed by atoms with Gasteiger partial charge in [-0.15, -0.1) is 0 Å². The van der Waals surface area contributed by atoms with Crippen molar-refractivity contribution in [1.82, 2.24) is 4.90 Å². The molecule has 1 fully saturated rings. The number of ether oxygens (including phenoxy) is 1.